The maximum absolute atomic E-state index is 12.7. The summed E-state index contributed by atoms with van der Waals surface area (Å²) in [7, 11) is 1.57. The van der Waals surface area contributed by atoms with Crippen molar-refractivity contribution in [1.29, 1.82) is 0 Å². The van der Waals surface area contributed by atoms with Crippen LogP contribution in [0.4, 0.5) is 5.69 Å². The number of hydrogen-bond donors (Lipinski definition) is 1. The van der Waals surface area contributed by atoms with E-state index in [1.807, 2.05) is 17.0 Å². The minimum atomic E-state index is -0.288. The lowest BCUT2D eigenvalue weighted by atomic mass is 10.1. The summed E-state index contributed by atoms with van der Waals surface area (Å²) < 4.78 is 16.7. The molecule has 2 aromatic rings. The van der Waals surface area contributed by atoms with E-state index in [2.05, 4.69) is 15.3 Å². The Balaban J connectivity index is 1.51. The Labute approximate surface area is 167 Å². The van der Waals surface area contributed by atoms with Crippen molar-refractivity contribution in [2.24, 2.45) is 9.98 Å². The molecule has 1 unspecified atom stereocenters. The molecule has 9 nitrogen and oxygen atoms in total. The van der Waals surface area contributed by atoms with Gasteiger partial charge in [0, 0.05) is 24.5 Å². The fraction of sp³-hybridized carbons (Fsp3) is 0.300. The topological polar surface area (TPSA) is 101 Å². The number of amidine groups is 1. The number of nitrogens with one attached hydrogen (secondary N) is 1. The molecule has 3 aliphatic rings. The van der Waals surface area contributed by atoms with Crippen molar-refractivity contribution in [3.8, 4) is 11.5 Å². The third kappa shape index (κ3) is 3.29. The largest absolute Gasteiger partial charge is 0.491 e. The van der Waals surface area contributed by atoms with Crippen LogP contribution in [0.2, 0.25) is 0 Å². The summed E-state index contributed by atoms with van der Waals surface area (Å²) in [5.74, 6) is 1.96. The zero-order chi connectivity index (χ0) is 19.8. The number of rotatable bonds is 5. The third-order valence-electron chi connectivity index (χ3n) is 4.83. The monoisotopic (exact) mass is 393 g/mol. The van der Waals surface area contributed by atoms with E-state index < -0.39 is 0 Å². The summed E-state index contributed by atoms with van der Waals surface area (Å²) in [5, 5.41) is 2.88. The highest BCUT2D eigenvalue weighted by Gasteiger charge is 2.33. The van der Waals surface area contributed by atoms with Crippen molar-refractivity contribution >= 4 is 23.4 Å². The van der Waals surface area contributed by atoms with Crippen LogP contribution in [0.1, 0.15) is 15.9 Å². The number of methoxy groups -OCH3 is 1. The second-order valence-electron chi connectivity index (χ2n) is 6.75. The molecule has 1 saturated heterocycles. The normalized spacial score (nSPS) is 18.9. The van der Waals surface area contributed by atoms with Gasteiger partial charge in [-0.1, -0.05) is 0 Å². The van der Waals surface area contributed by atoms with Crippen LogP contribution in [-0.4, -0.2) is 67.1 Å². The first-order valence-electron chi connectivity index (χ1n) is 9.32. The lowest BCUT2D eigenvalue weighted by Gasteiger charge is -2.28. The first-order valence-corrected chi connectivity index (χ1v) is 9.32. The Bertz CT molecular complexity index is 1020. The number of fused-ring (bicyclic) bond motifs is 3. The Hall–Kier alpha value is -3.46. The van der Waals surface area contributed by atoms with Gasteiger partial charge in [0.05, 0.1) is 25.8 Å². The van der Waals surface area contributed by atoms with Gasteiger partial charge in [-0.25, -0.2) is 4.99 Å². The van der Waals surface area contributed by atoms with Gasteiger partial charge >= 0.3 is 0 Å². The molecule has 148 valence electrons. The molecule has 1 N–H and O–H groups in total. The van der Waals surface area contributed by atoms with E-state index in [-0.39, 0.29) is 12.0 Å². The summed E-state index contributed by atoms with van der Waals surface area (Å²) in [4.78, 5) is 27.8. The molecule has 0 aliphatic carbocycles. The summed E-state index contributed by atoms with van der Waals surface area (Å²) in [6.07, 6.45) is 3.26. The van der Waals surface area contributed by atoms with E-state index in [1.54, 1.807) is 25.4 Å². The summed E-state index contributed by atoms with van der Waals surface area (Å²) in [5.41, 5.74) is 1.88. The molecule has 1 amide bonds. The molecule has 3 aliphatic heterocycles. The second kappa shape index (κ2) is 7.17. The third-order valence-corrected chi connectivity index (χ3v) is 4.83. The first-order chi connectivity index (χ1) is 14.2. The molecular formula is C20H19N5O4. The molecule has 0 saturated carbocycles. The maximum Gasteiger partial charge on any atom is 0.259 e. The molecule has 29 heavy (non-hydrogen) atoms. The predicted octanol–water partition coefficient (Wildman–Crippen LogP) is 1.36. The quantitative estimate of drug-likeness (QED) is 0.770. The van der Waals surface area contributed by atoms with Crippen LogP contribution in [0.15, 0.2) is 46.6 Å². The molecule has 4 heterocycles. The second-order valence-corrected chi connectivity index (χ2v) is 6.75. The maximum atomic E-state index is 12.7. The molecule has 1 fully saturated rings. The highest BCUT2D eigenvalue weighted by molar-refractivity contribution is 6.20. The van der Waals surface area contributed by atoms with Crippen molar-refractivity contribution in [1.82, 2.24) is 15.2 Å². The Kier molecular flexibility index (Phi) is 4.36. The lowest BCUT2D eigenvalue weighted by Crippen LogP contribution is -2.47. The van der Waals surface area contributed by atoms with Crippen molar-refractivity contribution in [2.45, 2.75) is 6.10 Å². The number of carbonyl (C=O) groups excluding carboxylic acids is 1. The van der Waals surface area contributed by atoms with Gasteiger partial charge in [-0.15, -0.1) is 0 Å². The highest BCUT2D eigenvalue weighted by atomic mass is 16.6. The summed E-state index contributed by atoms with van der Waals surface area (Å²) in [6.45, 7) is 2.43. The van der Waals surface area contributed by atoms with Gasteiger partial charge in [0.2, 0.25) is 5.96 Å². The lowest BCUT2D eigenvalue weighted by molar-refractivity contribution is 0.0973. The van der Waals surface area contributed by atoms with E-state index in [9.17, 15) is 4.79 Å². The zero-order valence-electron chi connectivity index (χ0n) is 15.8. The molecule has 1 atom stereocenters. The van der Waals surface area contributed by atoms with Crippen molar-refractivity contribution in [3.05, 3.63) is 47.8 Å². The number of pyridine rings is 1. The molecular weight excluding hydrogens is 374 g/mol. The number of ether oxygens (including phenoxy) is 3. The standard InChI is InChI=1S/C20H19N5O4/c1-27-17-15(29-11-13-10-28-13)5-4-14-16(17)23-20(25-8-7-22-18(14)25)24-19(26)12-3-2-6-21-9-12/h2-6,9,13H,7-8,10-11H2,1H3,(H,23,24,26). The Morgan fingerprint density at radius 1 is 1.38 bits per heavy atom. The summed E-state index contributed by atoms with van der Waals surface area (Å²) >= 11 is 0. The molecule has 1 aromatic heterocycles. The van der Waals surface area contributed by atoms with E-state index >= 15 is 0 Å². The highest BCUT2D eigenvalue weighted by Crippen LogP contribution is 2.43. The van der Waals surface area contributed by atoms with Crippen LogP contribution in [0.5, 0.6) is 11.5 Å². The van der Waals surface area contributed by atoms with Crippen LogP contribution < -0.4 is 14.8 Å². The minimum Gasteiger partial charge on any atom is -0.491 e. The number of amides is 1. The number of benzene rings is 1. The zero-order valence-corrected chi connectivity index (χ0v) is 15.8. The van der Waals surface area contributed by atoms with Crippen LogP contribution >= 0.6 is 0 Å². The van der Waals surface area contributed by atoms with E-state index in [1.165, 1.54) is 6.20 Å². The van der Waals surface area contributed by atoms with Gasteiger partial charge < -0.3 is 14.2 Å². The number of guanidine groups is 1. The number of aromatic nitrogens is 1. The van der Waals surface area contributed by atoms with Gasteiger partial charge in [-0.2, -0.15) is 0 Å². The van der Waals surface area contributed by atoms with Crippen molar-refractivity contribution < 1.29 is 19.0 Å². The number of hydrogen-bond acceptors (Lipinski definition) is 8. The summed E-state index contributed by atoms with van der Waals surface area (Å²) in [6, 6.07) is 7.19. The van der Waals surface area contributed by atoms with Gasteiger partial charge in [0.1, 0.15) is 24.2 Å². The van der Waals surface area contributed by atoms with Gasteiger partial charge in [0.25, 0.3) is 5.91 Å². The first kappa shape index (κ1) is 17.6. The molecule has 0 spiro atoms. The van der Waals surface area contributed by atoms with Crippen molar-refractivity contribution in [3.63, 3.8) is 0 Å². The van der Waals surface area contributed by atoms with Gasteiger partial charge in [-0.05, 0) is 24.3 Å². The predicted molar refractivity (Wildman–Crippen MR) is 105 cm³/mol. The minimum absolute atomic E-state index is 0.128. The molecule has 0 radical (unpaired) electrons. The Morgan fingerprint density at radius 3 is 3.03 bits per heavy atom. The average Bonchev–Trinajstić information content (AvgIpc) is 3.45. The van der Waals surface area contributed by atoms with Crippen LogP contribution in [0.3, 0.4) is 0 Å². The number of epoxide rings is 1. The van der Waals surface area contributed by atoms with Gasteiger partial charge in [-0.3, -0.25) is 25.0 Å². The molecule has 5 rings (SSSR count). The Morgan fingerprint density at radius 2 is 2.28 bits per heavy atom. The van der Waals surface area contributed by atoms with Crippen LogP contribution in [0.25, 0.3) is 0 Å². The molecule has 1 aromatic carbocycles. The van der Waals surface area contributed by atoms with Crippen molar-refractivity contribution in [2.75, 3.05) is 33.4 Å². The molecule has 0 bridgehead atoms. The smallest absolute Gasteiger partial charge is 0.259 e. The van der Waals surface area contributed by atoms with E-state index in [0.29, 0.717) is 55.0 Å². The number of aliphatic imine (C=N–C) groups is 2. The SMILES string of the molecule is COc1c(OCC2CO2)ccc2c1N=C(NC(=O)c1cccnc1)N1CCN=C21. The van der Waals surface area contributed by atoms with Crippen LogP contribution in [0, 0.1) is 0 Å². The fourth-order valence-electron chi connectivity index (χ4n) is 3.32. The molecule has 9 heteroatoms. The number of carbonyl (C=O) groups is 1. The van der Waals surface area contributed by atoms with E-state index in [0.717, 1.165) is 11.4 Å². The number of nitrogens with zero attached hydrogens (tertiary/aromatic N) is 4. The van der Waals surface area contributed by atoms with Crippen LogP contribution in [-0.2, 0) is 4.74 Å². The average molecular weight is 393 g/mol. The van der Waals surface area contributed by atoms with E-state index in [4.69, 9.17) is 19.2 Å². The van der Waals surface area contributed by atoms with Gasteiger partial charge in [0.15, 0.2) is 11.5 Å². The fourth-order valence-corrected chi connectivity index (χ4v) is 3.32.